The Morgan fingerprint density at radius 2 is 1.89 bits per heavy atom. The summed E-state index contributed by atoms with van der Waals surface area (Å²) < 4.78 is 0. The van der Waals surface area contributed by atoms with Gasteiger partial charge in [-0.05, 0) is 43.2 Å². The molecule has 2 aromatic rings. The largest absolute Gasteiger partial charge is 0.378 e. The normalized spacial score (nSPS) is 11.6. The zero-order chi connectivity index (χ0) is 13.0. The van der Waals surface area contributed by atoms with Gasteiger partial charge < -0.3 is 5.32 Å². The molecule has 1 unspecified atom stereocenters. The zero-order valence-electron chi connectivity index (χ0n) is 10.6. The number of aryl methyl sites for hydroxylation is 1. The van der Waals surface area contributed by atoms with Crippen molar-refractivity contribution in [3.63, 3.8) is 0 Å². The summed E-state index contributed by atoms with van der Waals surface area (Å²) in [4.78, 5) is 0. The fourth-order valence-corrected chi connectivity index (χ4v) is 1.93. The van der Waals surface area contributed by atoms with Gasteiger partial charge in [-0.3, -0.25) is 0 Å². The van der Waals surface area contributed by atoms with Gasteiger partial charge in [-0.1, -0.05) is 30.3 Å². The lowest BCUT2D eigenvalue weighted by Crippen LogP contribution is -2.07. The highest BCUT2D eigenvalue weighted by Gasteiger charge is 2.07. The van der Waals surface area contributed by atoms with Crippen molar-refractivity contribution in [3.8, 4) is 6.07 Å². The van der Waals surface area contributed by atoms with Crippen molar-refractivity contribution >= 4 is 5.69 Å². The van der Waals surface area contributed by atoms with Gasteiger partial charge in [0.25, 0.3) is 0 Å². The lowest BCUT2D eigenvalue weighted by Gasteiger charge is -2.17. The first-order valence-corrected chi connectivity index (χ1v) is 6.03. The predicted octanol–water partition coefficient (Wildman–Crippen LogP) is 4.04. The number of anilines is 1. The smallest absolute Gasteiger partial charge is 0.0991 e. The molecule has 1 atom stereocenters. The second-order valence-corrected chi connectivity index (χ2v) is 4.42. The Balaban J connectivity index is 2.20. The summed E-state index contributed by atoms with van der Waals surface area (Å²) in [6, 6.07) is 18.3. The summed E-state index contributed by atoms with van der Waals surface area (Å²) in [6.45, 7) is 4.18. The van der Waals surface area contributed by atoms with Crippen LogP contribution in [0.1, 0.15) is 29.7 Å². The van der Waals surface area contributed by atoms with Crippen LogP contribution in [-0.2, 0) is 0 Å². The Labute approximate surface area is 108 Å². The highest BCUT2D eigenvalue weighted by atomic mass is 14.9. The molecule has 0 aliphatic carbocycles. The van der Waals surface area contributed by atoms with E-state index in [1.165, 1.54) is 5.56 Å². The molecule has 0 aliphatic heterocycles. The average molecular weight is 236 g/mol. The maximum atomic E-state index is 8.91. The minimum atomic E-state index is 0.180. The van der Waals surface area contributed by atoms with Gasteiger partial charge in [-0.15, -0.1) is 0 Å². The van der Waals surface area contributed by atoms with Gasteiger partial charge in [-0.2, -0.15) is 5.26 Å². The number of hydrogen-bond acceptors (Lipinski definition) is 2. The second kappa shape index (κ2) is 5.37. The molecule has 0 aromatic heterocycles. The molecule has 2 nitrogen and oxygen atoms in total. The molecule has 2 rings (SSSR count). The van der Waals surface area contributed by atoms with Crippen LogP contribution in [0.25, 0.3) is 0 Å². The van der Waals surface area contributed by atoms with Gasteiger partial charge in [-0.25, -0.2) is 0 Å². The summed E-state index contributed by atoms with van der Waals surface area (Å²) in [5.74, 6) is 0. The molecular weight excluding hydrogens is 220 g/mol. The Kier molecular flexibility index (Phi) is 3.64. The molecular formula is C16H16N2. The molecule has 0 bridgehead atoms. The summed E-state index contributed by atoms with van der Waals surface area (Å²) in [7, 11) is 0. The van der Waals surface area contributed by atoms with Crippen molar-refractivity contribution < 1.29 is 0 Å². The number of nitriles is 1. The minimum absolute atomic E-state index is 0.180. The van der Waals surface area contributed by atoms with E-state index in [1.54, 1.807) is 0 Å². The fraction of sp³-hybridized carbons (Fsp3) is 0.188. The van der Waals surface area contributed by atoms with Crippen LogP contribution in [0.3, 0.4) is 0 Å². The van der Waals surface area contributed by atoms with Crippen LogP contribution in [0.4, 0.5) is 5.69 Å². The van der Waals surface area contributed by atoms with E-state index >= 15 is 0 Å². The summed E-state index contributed by atoms with van der Waals surface area (Å²) in [5.41, 5.74) is 4.18. The third-order valence-corrected chi connectivity index (χ3v) is 3.03. The first kappa shape index (κ1) is 12.2. The van der Waals surface area contributed by atoms with Crippen LogP contribution in [0.2, 0.25) is 0 Å². The fourth-order valence-electron chi connectivity index (χ4n) is 1.93. The van der Waals surface area contributed by atoms with Crippen molar-refractivity contribution in [2.75, 3.05) is 5.32 Å². The van der Waals surface area contributed by atoms with Crippen LogP contribution in [0.5, 0.6) is 0 Å². The second-order valence-electron chi connectivity index (χ2n) is 4.42. The Bertz CT molecular complexity index is 582. The molecule has 0 saturated heterocycles. The van der Waals surface area contributed by atoms with E-state index in [1.807, 2.05) is 36.4 Å². The molecule has 2 aromatic carbocycles. The van der Waals surface area contributed by atoms with Crippen molar-refractivity contribution in [2.45, 2.75) is 19.9 Å². The summed E-state index contributed by atoms with van der Waals surface area (Å²) >= 11 is 0. The van der Waals surface area contributed by atoms with E-state index < -0.39 is 0 Å². The van der Waals surface area contributed by atoms with Crippen molar-refractivity contribution in [3.05, 3.63) is 65.2 Å². The Hall–Kier alpha value is -2.27. The maximum Gasteiger partial charge on any atom is 0.0991 e. The lowest BCUT2D eigenvalue weighted by molar-refractivity contribution is 0.882. The monoisotopic (exact) mass is 236 g/mol. The van der Waals surface area contributed by atoms with Crippen LogP contribution in [-0.4, -0.2) is 0 Å². The summed E-state index contributed by atoms with van der Waals surface area (Å²) in [5, 5.41) is 12.4. The van der Waals surface area contributed by atoms with Crippen molar-refractivity contribution in [2.24, 2.45) is 0 Å². The lowest BCUT2D eigenvalue weighted by atomic mass is 10.0. The van der Waals surface area contributed by atoms with Crippen molar-refractivity contribution in [1.82, 2.24) is 0 Å². The number of nitrogens with zero attached hydrogens (tertiary/aromatic N) is 1. The highest BCUT2D eigenvalue weighted by molar-refractivity contribution is 5.52. The number of hydrogen-bond donors (Lipinski definition) is 1. The van der Waals surface area contributed by atoms with Gasteiger partial charge in [0.1, 0.15) is 0 Å². The average Bonchev–Trinajstić information content (AvgIpc) is 2.41. The van der Waals surface area contributed by atoms with Gasteiger partial charge in [0, 0.05) is 11.7 Å². The minimum Gasteiger partial charge on any atom is -0.378 e. The molecule has 0 amide bonds. The van der Waals surface area contributed by atoms with E-state index in [4.69, 9.17) is 5.26 Å². The zero-order valence-corrected chi connectivity index (χ0v) is 10.6. The molecule has 0 radical (unpaired) electrons. The molecule has 0 saturated carbocycles. The summed E-state index contributed by atoms with van der Waals surface area (Å²) in [6.07, 6.45) is 0. The van der Waals surface area contributed by atoms with E-state index in [2.05, 4.69) is 37.4 Å². The van der Waals surface area contributed by atoms with Crippen molar-refractivity contribution in [1.29, 1.82) is 5.26 Å². The molecule has 0 heterocycles. The topological polar surface area (TPSA) is 35.8 Å². The number of rotatable bonds is 3. The van der Waals surface area contributed by atoms with Crippen LogP contribution < -0.4 is 5.32 Å². The van der Waals surface area contributed by atoms with Crippen LogP contribution in [0, 0.1) is 18.3 Å². The van der Waals surface area contributed by atoms with E-state index in [0.717, 1.165) is 11.3 Å². The number of benzene rings is 2. The first-order valence-electron chi connectivity index (χ1n) is 6.03. The molecule has 90 valence electrons. The number of nitrogens with one attached hydrogen (secondary N) is 1. The third kappa shape index (κ3) is 2.70. The predicted molar refractivity (Wildman–Crippen MR) is 74.4 cm³/mol. The van der Waals surface area contributed by atoms with E-state index in [-0.39, 0.29) is 6.04 Å². The van der Waals surface area contributed by atoms with Gasteiger partial charge in [0.2, 0.25) is 0 Å². The third-order valence-electron chi connectivity index (χ3n) is 3.03. The van der Waals surface area contributed by atoms with E-state index in [9.17, 15) is 0 Å². The highest BCUT2D eigenvalue weighted by Crippen LogP contribution is 2.22. The van der Waals surface area contributed by atoms with Crippen LogP contribution in [0.15, 0.2) is 48.5 Å². The Morgan fingerprint density at radius 3 is 2.61 bits per heavy atom. The first-order chi connectivity index (χ1) is 8.70. The molecule has 0 aliphatic rings. The molecule has 1 N–H and O–H groups in total. The van der Waals surface area contributed by atoms with Gasteiger partial charge >= 0.3 is 0 Å². The molecule has 0 spiro atoms. The number of para-hydroxylation sites is 1. The molecule has 18 heavy (non-hydrogen) atoms. The quantitative estimate of drug-likeness (QED) is 0.873. The molecule has 0 fully saturated rings. The molecule has 2 heteroatoms. The van der Waals surface area contributed by atoms with Gasteiger partial charge in [0.15, 0.2) is 0 Å². The van der Waals surface area contributed by atoms with Gasteiger partial charge in [0.05, 0.1) is 11.6 Å². The SMILES string of the molecule is Cc1ccccc1NC(C)c1cccc(C#N)c1. The van der Waals surface area contributed by atoms with E-state index in [0.29, 0.717) is 5.56 Å². The Morgan fingerprint density at radius 1 is 1.11 bits per heavy atom. The standard InChI is InChI=1S/C16H16N2/c1-12-6-3-4-9-16(12)18-13(2)15-8-5-7-14(10-15)11-17/h3-10,13,18H,1-2H3. The van der Waals surface area contributed by atoms with Crippen LogP contribution >= 0.6 is 0 Å². The maximum absolute atomic E-state index is 8.91.